The van der Waals surface area contributed by atoms with Crippen molar-refractivity contribution in [3.63, 3.8) is 0 Å². The van der Waals surface area contributed by atoms with E-state index in [9.17, 15) is 13.6 Å². The van der Waals surface area contributed by atoms with Gasteiger partial charge in [0.15, 0.2) is 0 Å². The Hall–Kier alpha value is -1.51. The van der Waals surface area contributed by atoms with Crippen LogP contribution in [-0.2, 0) is 11.2 Å². The first-order valence-corrected chi connectivity index (χ1v) is 4.20. The summed E-state index contributed by atoms with van der Waals surface area (Å²) < 4.78 is 23.9. The van der Waals surface area contributed by atoms with E-state index in [1.54, 1.807) is 24.3 Å². The summed E-state index contributed by atoms with van der Waals surface area (Å²) in [6.45, 7) is 0. The molecule has 14 heavy (non-hydrogen) atoms. The molecule has 0 amide bonds. The number of allylic oxidation sites excluding steroid dienone is 2. The third kappa shape index (κ3) is 3.47. The highest BCUT2D eigenvalue weighted by Gasteiger charge is 2.02. The smallest absolute Gasteiger partial charge is 0.257 e. The molecule has 0 heterocycles. The van der Waals surface area contributed by atoms with Gasteiger partial charge in [-0.1, -0.05) is 30.3 Å². The van der Waals surface area contributed by atoms with Crippen molar-refractivity contribution in [3.05, 3.63) is 47.5 Å². The van der Waals surface area contributed by atoms with Crippen LogP contribution in [0.25, 0.3) is 0 Å². The molecule has 0 aliphatic carbocycles. The summed E-state index contributed by atoms with van der Waals surface area (Å²) in [4.78, 5) is 10.4. The van der Waals surface area contributed by atoms with E-state index >= 15 is 0 Å². The van der Waals surface area contributed by atoms with Crippen LogP contribution in [0.15, 0.2) is 42.0 Å². The lowest BCUT2D eigenvalue weighted by atomic mass is 10.1. The van der Waals surface area contributed by atoms with Crippen LogP contribution in [0, 0.1) is 0 Å². The Labute approximate surface area is 81.1 Å². The molecule has 0 unspecified atom stereocenters. The van der Waals surface area contributed by atoms with E-state index in [1.165, 1.54) is 0 Å². The molecular weight excluding hydrogens is 186 g/mol. The number of rotatable bonds is 4. The van der Waals surface area contributed by atoms with Gasteiger partial charge in [-0.05, 0) is 17.2 Å². The van der Waals surface area contributed by atoms with Gasteiger partial charge in [-0.3, -0.25) is 4.79 Å². The normalized spacial score (nSPS) is 11.8. The fourth-order valence-corrected chi connectivity index (χ4v) is 1.13. The molecule has 0 bridgehead atoms. The fraction of sp³-hybridized carbons (Fsp3) is 0.182. The molecule has 0 atom stereocenters. The van der Waals surface area contributed by atoms with Gasteiger partial charge in [0.05, 0.1) is 0 Å². The van der Waals surface area contributed by atoms with Crippen molar-refractivity contribution in [3.8, 4) is 0 Å². The largest absolute Gasteiger partial charge is 0.298 e. The molecule has 0 fully saturated rings. The van der Waals surface area contributed by atoms with E-state index < -0.39 is 6.43 Å². The average Bonchev–Trinajstić information content (AvgIpc) is 2.17. The minimum Gasteiger partial charge on any atom is -0.298 e. The van der Waals surface area contributed by atoms with E-state index in [-0.39, 0.29) is 12.0 Å². The van der Waals surface area contributed by atoms with Crippen LogP contribution in [0.5, 0.6) is 0 Å². The molecule has 0 saturated heterocycles. The van der Waals surface area contributed by atoms with E-state index in [4.69, 9.17) is 0 Å². The number of halogens is 2. The minimum absolute atomic E-state index is 0.117. The first kappa shape index (κ1) is 10.6. The molecule has 0 aliphatic heterocycles. The maximum Gasteiger partial charge on any atom is 0.257 e. The van der Waals surface area contributed by atoms with E-state index in [2.05, 4.69) is 0 Å². The molecule has 0 aliphatic rings. The van der Waals surface area contributed by atoms with Crippen LogP contribution in [0.1, 0.15) is 5.56 Å². The highest BCUT2D eigenvalue weighted by Crippen LogP contribution is 2.08. The number of aldehydes is 1. The zero-order valence-electron chi connectivity index (χ0n) is 7.49. The summed E-state index contributed by atoms with van der Waals surface area (Å²) in [5.41, 5.74) is 0.970. The molecule has 1 aromatic rings. The Morgan fingerprint density at radius 1 is 1.29 bits per heavy atom. The zero-order valence-corrected chi connectivity index (χ0v) is 7.49. The van der Waals surface area contributed by atoms with Crippen LogP contribution in [0.2, 0.25) is 0 Å². The summed E-state index contributed by atoms with van der Waals surface area (Å²) in [5, 5.41) is 0. The van der Waals surface area contributed by atoms with Crippen molar-refractivity contribution in [1.29, 1.82) is 0 Å². The molecular formula is C11H10F2O. The van der Waals surface area contributed by atoms with Crippen molar-refractivity contribution >= 4 is 6.29 Å². The Balaban J connectivity index is 2.71. The molecule has 3 heteroatoms. The Morgan fingerprint density at radius 3 is 2.43 bits per heavy atom. The van der Waals surface area contributed by atoms with E-state index in [0.29, 0.717) is 12.4 Å². The minimum atomic E-state index is -2.57. The second kappa shape index (κ2) is 5.27. The lowest BCUT2D eigenvalue weighted by molar-refractivity contribution is -0.105. The van der Waals surface area contributed by atoms with Gasteiger partial charge in [0.1, 0.15) is 6.29 Å². The molecule has 1 aromatic carbocycles. The summed E-state index contributed by atoms with van der Waals surface area (Å²) in [5.74, 6) is 0. The van der Waals surface area contributed by atoms with Crippen molar-refractivity contribution in [2.24, 2.45) is 0 Å². The molecule has 1 rings (SSSR count). The van der Waals surface area contributed by atoms with Crippen LogP contribution in [0.4, 0.5) is 8.78 Å². The predicted octanol–water partition coefficient (Wildman–Crippen LogP) is 2.62. The third-order valence-electron chi connectivity index (χ3n) is 1.74. The highest BCUT2D eigenvalue weighted by molar-refractivity contribution is 5.74. The molecule has 74 valence electrons. The SMILES string of the molecule is O=C/C(=C/C(F)F)Cc1ccccc1. The molecule has 0 aromatic heterocycles. The molecule has 0 spiro atoms. The quantitative estimate of drug-likeness (QED) is 0.534. The van der Waals surface area contributed by atoms with Crippen LogP contribution >= 0.6 is 0 Å². The van der Waals surface area contributed by atoms with Crippen LogP contribution < -0.4 is 0 Å². The van der Waals surface area contributed by atoms with Crippen molar-refractivity contribution in [1.82, 2.24) is 0 Å². The lowest BCUT2D eigenvalue weighted by Gasteiger charge is -2.00. The van der Waals surface area contributed by atoms with Crippen molar-refractivity contribution < 1.29 is 13.6 Å². The Bertz CT molecular complexity index is 317. The summed E-state index contributed by atoms with van der Waals surface area (Å²) >= 11 is 0. The van der Waals surface area contributed by atoms with Crippen molar-refractivity contribution in [2.45, 2.75) is 12.8 Å². The summed E-state index contributed by atoms with van der Waals surface area (Å²) in [7, 11) is 0. The highest BCUT2D eigenvalue weighted by atomic mass is 19.3. The topological polar surface area (TPSA) is 17.1 Å². The summed E-state index contributed by atoms with van der Waals surface area (Å²) in [6.07, 6.45) is -1.16. The van der Waals surface area contributed by atoms with Gasteiger partial charge >= 0.3 is 0 Å². The van der Waals surface area contributed by atoms with Gasteiger partial charge in [-0.25, -0.2) is 8.78 Å². The lowest BCUT2D eigenvalue weighted by Crippen LogP contribution is -1.95. The second-order valence-corrected chi connectivity index (χ2v) is 2.86. The van der Waals surface area contributed by atoms with Gasteiger partial charge in [-0.15, -0.1) is 0 Å². The van der Waals surface area contributed by atoms with Gasteiger partial charge in [0, 0.05) is 6.42 Å². The average molecular weight is 196 g/mol. The van der Waals surface area contributed by atoms with Gasteiger partial charge in [-0.2, -0.15) is 0 Å². The molecule has 1 nitrogen and oxygen atoms in total. The number of hydrogen-bond acceptors (Lipinski definition) is 1. The van der Waals surface area contributed by atoms with Gasteiger partial charge < -0.3 is 0 Å². The van der Waals surface area contributed by atoms with E-state index in [1.807, 2.05) is 6.07 Å². The fourth-order valence-electron chi connectivity index (χ4n) is 1.13. The van der Waals surface area contributed by atoms with E-state index in [0.717, 1.165) is 5.56 Å². The monoisotopic (exact) mass is 196 g/mol. The van der Waals surface area contributed by atoms with Gasteiger partial charge in [0.2, 0.25) is 0 Å². The standard InChI is InChI=1S/C11H10F2O/c12-11(13)7-10(8-14)6-9-4-2-1-3-5-9/h1-5,7-8,11H,6H2/b10-7+. The number of alkyl halides is 2. The molecule has 0 N–H and O–H groups in total. The van der Waals surface area contributed by atoms with Crippen LogP contribution in [0.3, 0.4) is 0 Å². The molecule has 0 saturated carbocycles. The number of benzene rings is 1. The maximum atomic E-state index is 11.9. The van der Waals surface area contributed by atoms with Gasteiger partial charge in [0.25, 0.3) is 6.43 Å². The van der Waals surface area contributed by atoms with Crippen molar-refractivity contribution in [2.75, 3.05) is 0 Å². The first-order valence-electron chi connectivity index (χ1n) is 4.20. The number of carbonyl (C=O) groups excluding carboxylic acids is 1. The second-order valence-electron chi connectivity index (χ2n) is 2.86. The number of carbonyl (C=O) groups is 1. The maximum absolute atomic E-state index is 11.9. The predicted molar refractivity (Wildman–Crippen MR) is 50.3 cm³/mol. The Kier molecular flexibility index (Phi) is 3.98. The number of hydrogen-bond donors (Lipinski definition) is 0. The first-order chi connectivity index (χ1) is 6.72. The zero-order chi connectivity index (χ0) is 10.4. The Morgan fingerprint density at radius 2 is 1.93 bits per heavy atom. The third-order valence-corrected chi connectivity index (χ3v) is 1.74. The van der Waals surface area contributed by atoms with Crippen LogP contribution in [-0.4, -0.2) is 12.7 Å². The summed E-state index contributed by atoms with van der Waals surface area (Å²) in [6, 6.07) is 9.03. The molecule has 0 radical (unpaired) electrons.